The molecule has 0 aromatic rings. The third-order valence-electron chi connectivity index (χ3n) is 0.661. The van der Waals surface area contributed by atoms with E-state index in [-0.39, 0.29) is 0 Å². The number of ketones is 1. The summed E-state index contributed by atoms with van der Waals surface area (Å²) < 4.78 is 0. The Bertz CT molecular complexity index is 184. The normalized spacial score (nSPS) is 10.2. The van der Waals surface area contributed by atoms with E-state index in [2.05, 4.69) is 0 Å². The molecule has 0 aliphatic heterocycles. The molecular weight excluding hydrogens is 114 g/mol. The van der Waals surface area contributed by atoms with Crippen molar-refractivity contribution in [1.82, 2.24) is 0 Å². The van der Waals surface area contributed by atoms with Gasteiger partial charge in [0.1, 0.15) is 6.07 Å². The van der Waals surface area contributed by atoms with Crippen LogP contribution in [0.5, 0.6) is 0 Å². The fourth-order valence-corrected chi connectivity index (χ4v) is 0.291. The summed E-state index contributed by atoms with van der Waals surface area (Å²) in [5.41, 5.74) is 0. The van der Waals surface area contributed by atoms with Crippen molar-refractivity contribution in [2.24, 2.45) is 0 Å². The maximum atomic E-state index is 10.2. The van der Waals surface area contributed by atoms with Crippen LogP contribution in [0, 0.1) is 11.3 Å². The van der Waals surface area contributed by atoms with Gasteiger partial charge < -0.3 is 0 Å². The first kappa shape index (κ1) is 7.64. The molecule has 2 nitrogen and oxygen atoms in total. The van der Waals surface area contributed by atoms with Crippen molar-refractivity contribution in [3.8, 4) is 6.07 Å². The monoisotopic (exact) mass is 121 g/mol. The van der Waals surface area contributed by atoms with Gasteiger partial charge in [0.05, 0.1) is 0 Å². The van der Waals surface area contributed by atoms with Crippen molar-refractivity contribution in [1.29, 1.82) is 5.26 Å². The largest absolute Gasteiger partial charge is 0.278 e. The quantitative estimate of drug-likeness (QED) is 0.313. The molecule has 0 saturated heterocycles. The van der Waals surface area contributed by atoms with Crippen LogP contribution in [0.15, 0.2) is 24.3 Å². The number of allylic oxidation sites excluding steroid dienone is 4. The first-order valence-corrected chi connectivity index (χ1v) is 2.54. The van der Waals surface area contributed by atoms with Crippen molar-refractivity contribution >= 4 is 5.78 Å². The Balaban J connectivity index is 3.75. The van der Waals surface area contributed by atoms with Gasteiger partial charge in [-0.1, -0.05) is 18.2 Å². The zero-order valence-corrected chi connectivity index (χ0v) is 5.16. The lowest BCUT2D eigenvalue weighted by Crippen LogP contribution is -1.81. The molecule has 0 aliphatic carbocycles. The van der Waals surface area contributed by atoms with Crippen molar-refractivity contribution in [2.75, 3.05) is 0 Å². The van der Waals surface area contributed by atoms with E-state index in [1.54, 1.807) is 12.2 Å². The molecule has 46 valence electrons. The molecule has 0 aromatic carbocycles. The second kappa shape index (κ2) is 4.79. The first-order valence-electron chi connectivity index (χ1n) is 2.54. The molecule has 0 fully saturated rings. The predicted octanol–water partition coefficient (Wildman–Crippen LogP) is 1.21. The van der Waals surface area contributed by atoms with E-state index in [0.29, 0.717) is 0 Å². The minimum atomic E-state index is -0.520. The SMILES string of the molecule is CC=CC=CC(=O)C#N. The topological polar surface area (TPSA) is 40.9 Å². The number of carbonyl (C=O) groups is 1. The summed E-state index contributed by atoms with van der Waals surface area (Å²) in [6.07, 6.45) is 6.22. The molecule has 0 amide bonds. The average molecular weight is 121 g/mol. The van der Waals surface area contributed by atoms with Gasteiger partial charge in [-0.25, -0.2) is 0 Å². The highest BCUT2D eigenvalue weighted by atomic mass is 16.1. The molecule has 0 N–H and O–H groups in total. The molecule has 0 rings (SSSR count). The van der Waals surface area contributed by atoms with Crippen LogP contribution in [-0.2, 0) is 4.79 Å². The minimum absolute atomic E-state index is 0.520. The maximum Gasteiger partial charge on any atom is 0.255 e. The lowest BCUT2D eigenvalue weighted by atomic mass is 10.3. The molecule has 0 radical (unpaired) electrons. The molecule has 0 bridgehead atoms. The zero-order valence-electron chi connectivity index (χ0n) is 5.16. The fraction of sp³-hybridized carbons (Fsp3) is 0.143. The predicted molar refractivity (Wildman–Crippen MR) is 34.6 cm³/mol. The molecule has 0 saturated carbocycles. The summed E-state index contributed by atoms with van der Waals surface area (Å²) in [6.45, 7) is 1.83. The zero-order chi connectivity index (χ0) is 7.11. The van der Waals surface area contributed by atoms with Gasteiger partial charge in [-0.15, -0.1) is 0 Å². The third-order valence-corrected chi connectivity index (χ3v) is 0.661. The highest BCUT2D eigenvalue weighted by Gasteiger charge is 1.84. The average Bonchev–Trinajstić information content (AvgIpc) is 1.89. The van der Waals surface area contributed by atoms with E-state index < -0.39 is 5.78 Å². The molecule has 0 aromatic heterocycles. The van der Waals surface area contributed by atoms with Crippen LogP contribution in [0.25, 0.3) is 0 Å². The van der Waals surface area contributed by atoms with E-state index in [0.717, 1.165) is 0 Å². The lowest BCUT2D eigenvalue weighted by molar-refractivity contribution is -0.109. The molecule has 0 unspecified atom stereocenters. The van der Waals surface area contributed by atoms with Gasteiger partial charge >= 0.3 is 0 Å². The second-order valence-electron chi connectivity index (χ2n) is 1.36. The maximum absolute atomic E-state index is 10.2. The summed E-state index contributed by atoms with van der Waals surface area (Å²) in [7, 11) is 0. The Kier molecular flexibility index (Phi) is 4.07. The Hall–Kier alpha value is -1.36. The van der Waals surface area contributed by atoms with E-state index >= 15 is 0 Å². The molecule has 0 heterocycles. The first-order chi connectivity index (χ1) is 4.31. The van der Waals surface area contributed by atoms with Crippen LogP contribution >= 0.6 is 0 Å². The van der Waals surface area contributed by atoms with Gasteiger partial charge in [-0.3, -0.25) is 4.79 Å². The van der Waals surface area contributed by atoms with Crippen molar-refractivity contribution in [3.63, 3.8) is 0 Å². The van der Waals surface area contributed by atoms with Gasteiger partial charge in [-0.05, 0) is 13.0 Å². The summed E-state index contributed by atoms with van der Waals surface area (Å²) in [5, 5.41) is 7.96. The fourth-order valence-electron chi connectivity index (χ4n) is 0.291. The second-order valence-corrected chi connectivity index (χ2v) is 1.36. The molecule has 0 atom stereocenters. The lowest BCUT2D eigenvalue weighted by Gasteiger charge is -1.69. The number of hydrogen-bond acceptors (Lipinski definition) is 2. The van der Waals surface area contributed by atoms with Crippen LogP contribution < -0.4 is 0 Å². The minimum Gasteiger partial charge on any atom is -0.278 e. The molecular formula is C7H7NO. The Labute approximate surface area is 54.1 Å². The standard InChI is InChI=1S/C7H7NO/c1-2-3-4-5-7(9)6-8/h2-5H,1H3. The van der Waals surface area contributed by atoms with Crippen LogP contribution in [0.1, 0.15) is 6.92 Å². The van der Waals surface area contributed by atoms with Gasteiger partial charge in [0.15, 0.2) is 0 Å². The highest BCUT2D eigenvalue weighted by Crippen LogP contribution is 1.76. The summed E-state index contributed by atoms with van der Waals surface area (Å²) in [4.78, 5) is 10.2. The molecule has 0 spiro atoms. The van der Waals surface area contributed by atoms with Crippen molar-refractivity contribution in [3.05, 3.63) is 24.3 Å². The summed E-state index contributed by atoms with van der Waals surface area (Å²) in [6, 6.07) is 1.46. The van der Waals surface area contributed by atoms with Crippen LogP contribution in [0.4, 0.5) is 0 Å². The van der Waals surface area contributed by atoms with E-state index in [4.69, 9.17) is 5.26 Å². The summed E-state index contributed by atoms with van der Waals surface area (Å²) >= 11 is 0. The van der Waals surface area contributed by atoms with Crippen molar-refractivity contribution in [2.45, 2.75) is 6.92 Å². The van der Waals surface area contributed by atoms with Gasteiger partial charge in [0, 0.05) is 0 Å². The van der Waals surface area contributed by atoms with Gasteiger partial charge in [-0.2, -0.15) is 5.26 Å². The van der Waals surface area contributed by atoms with Gasteiger partial charge in [0.2, 0.25) is 0 Å². The number of carbonyl (C=O) groups excluding carboxylic acids is 1. The molecule has 0 aliphatic rings. The molecule has 2 heteroatoms. The van der Waals surface area contributed by atoms with E-state index in [1.165, 1.54) is 18.2 Å². The van der Waals surface area contributed by atoms with Crippen LogP contribution in [0.3, 0.4) is 0 Å². The van der Waals surface area contributed by atoms with Crippen LogP contribution in [-0.4, -0.2) is 5.78 Å². The smallest absolute Gasteiger partial charge is 0.255 e. The van der Waals surface area contributed by atoms with Crippen LogP contribution in [0.2, 0.25) is 0 Å². The van der Waals surface area contributed by atoms with Crippen molar-refractivity contribution < 1.29 is 4.79 Å². The Morgan fingerprint density at radius 1 is 1.56 bits per heavy atom. The molecule has 9 heavy (non-hydrogen) atoms. The Morgan fingerprint density at radius 2 is 2.22 bits per heavy atom. The number of nitriles is 1. The third kappa shape index (κ3) is 4.49. The van der Waals surface area contributed by atoms with E-state index in [1.807, 2.05) is 6.92 Å². The summed E-state index contributed by atoms with van der Waals surface area (Å²) in [5.74, 6) is -0.520. The number of nitrogens with zero attached hydrogens (tertiary/aromatic N) is 1. The Morgan fingerprint density at radius 3 is 2.67 bits per heavy atom. The number of hydrogen-bond donors (Lipinski definition) is 0. The van der Waals surface area contributed by atoms with Gasteiger partial charge in [0.25, 0.3) is 5.78 Å². The highest BCUT2D eigenvalue weighted by molar-refractivity contribution is 6.02. The van der Waals surface area contributed by atoms with E-state index in [9.17, 15) is 4.79 Å². The number of rotatable bonds is 2.